The van der Waals surface area contributed by atoms with E-state index in [0.29, 0.717) is 11.5 Å². The first-order valence-electron chi connectivity index (χ1n) is 5.96. The van der Waals surface area contributed by atoms with Crippen LogP contribution in [0.5, 0.6) is 11.5 Å². The summed E-state index contributed by atoms with van der Waals surface area (Å²) in [4.78, 5) is 11.9. The van der Waals surface area contributed by atoms with Crippen molar-refractivity contribution in [1.29, 1.82) is 0 Å². The molecule has 1 unspecified atom stereocenters. The zero-order valence-corrected chi connectivity index (χ0v) is 10.9. The highest BCUT2D eigenvalue weighted by molar-refractivity contribution is 5.81. The molecule has 1 aliphatic rings. The van der Waals surface area contributed by atoms with Crippen LogP contribution in [0.2, 0.25) is 0 Å². The number of hydrogen-bond donors (Lipinski definition) is 1. The van der Waals surface area contributed by atoms with Gasteiger partial charge in [0, 0.05) is 14.2 Å². The standard InChI is InChI=1S/C13H17NO5/c1-16-12(17-2)7-14-13(15)11-8-18-9-5-3-4-6-10(9)19-11/h3-6,11-12H,7-8H2,1-2H3,(H,14,15). The summed E-state index contributed by atoms with van der Waals surface area (Å²) in [5.74, 6) is 0.968. The SMILES string of the molecule is COC(CNC(=O)C1COc2ccccc2O1)OC. The molecule has 0 saturated carbocycles. The van der Waals surface area contributed by atoms with Gasteiger partial charge in [-0.1, -0.05) is 12.1 Å². The molecule has 1 aromatic rings. The Morgan fingerprint density at radius 1 is 1.37 bits per heavy atom. The topological polar surface area (TPSA) is 66.0 Å². The summed E-state index contributed by atoms with van der Waals surface area (Å²) in [6.07, 6.45) is -1.13. The Kier molecular flexibility index (Phi) is 4.59. The molecule has 0 radical (unpaired) electrons. The highest BCUT2D eigenvalue weighted by Crippen LogP contribution is 2.30. The Morgan fingerprint density at radius 3 is 2.74 bits per heavy atom. The molecule has 1 atom stereocenters. The second kappa shape index (κ2) is 6.40. The number of ether oxygens (including phenoxy) is 4. The Balaban J connectivity index is 1.88. The molecular weight excluding hydrogens is 250 g/mol. The average molecular weight is 267 g/mol. The molecule has 1 aliphatic heterocycles. The van der Waals surface area contributed by atoms with E-state index in [1.807, 2.05) is 12.1 Å². The zero-order chi connectivity index (χ0) is 13.7. The van der Waals surface area contributed by atoms with Gasteiger partial charge in [-0.15, -0.1) is 0 Å². The van der Waals surface area contributed by atoms with E-state index in [4.69, 9.17) is 18.9 Å². The van der Waals surface area contributed by atoms with Crippen molar-refractivity contribution < 1.29 is 23.7 Å². The molecule has 1 aromatic carbocycles. The molecule has 1 amide bonds. The van der Waals surface area contributed by atoms with Crippen LogP contribution in [-0.2, 0) is 14.3 Å². The summed E-state index contributed by atoms with van der Waals surface area (Å²) < 4.78 is 21.0. The number of nitrogens with one attached hydrogen (secondary N) is 1. The van der Waals surface area contributed by atoms with Crippen molar-refractivity contribution in [2.24, 2.45) is 0 Å². The molecule has 1 N–H and O–H groups in total. The smallest absolute Gasteiger partial charge is 0.264 e. The van der Waals surface area contributed by atoms with Crippen LogP contribution in [0.4, 0.5) is 0 Å². The van der Waals surface area contributed by atoms with Crippen molar-refractivity contribution in [3.8, 4) is 11.5 Å². The maximum Gasteiger partial charge on any atom is 0.264 e. The van der Waals surface area contributed by atoms with Crippen molar-refractivity contribution in [2.75, 3.05) is 27.4 Å². The first-order chi connectivity index (χ1) is 9.24. The van der Waals surface area contributed by atoms with Crippen LogP contribution < -0.4 is 14.8 Å². The summed E-state index contributed by atoms with van der Waals surface area (Å²) in [6, 6.07) is 7.25. The minimum Gasteiger partial charge on any atom is -0.485 e. The van der Waals surface area contributed by atoms with Gasteiger partial charge < -0.3 is 24.3 Å². The highest BCUT2D eigenvalue weighted by atomic mass is 16.7. The number of amides is 1. The van der Waals surface area contributed by atoms with Crippen molar-refractivity contribution >= 4 is 5.91 Å². The Hall–Kier alpha value is -1.79. The summed E-state index contributed by atoms with van der Waals surface area (Å²) in [6.45, 7) is 0.445. The molecular formula is C13H17NO5. The molecule has 0 aliphatic carbocycles. The van der Waals surface area contributed by atoms with Gasteiger partial charge in [0.05, 0.1) is 6.54 Å². The lowest BCUT2D eigenvalue weighted by atomic mass is 10.2. The van der Waals surface area contributed by atoms with Crippen LogP contribution in [0.3, 0.4) is 0 Å². The number of hydrogen-bond acceptors (Lipinski definition) is 5. The molecule has 0 aromatic heterocycles. The van der Waals surface area contributed by atoms with Crippen molar-refractivity contribution in [1.82, 2.24) is 5.32 Å². The fourth-order valence-corrected chi connectivity index (χ4v) is 1.71. The summed E-state index contributed by atoms with van der Waals surface area (Å²) in [5.41, 5.74) is 0. The zero-order valence-electron chi connectivity index (χ0n) is 10.9. The first-order valence-corrected chi connectivity index (χ1v) is 5.96. The van der Waals surface area contributed by atoms with Crippen LogP contribution >= 0.6 is 0 Å². The number of benzene rings is 1. The van der Waals surface area contributed by atoms with Crippen LogP contribution in [0.1, 0.15) is 0 Å². The molecule has 1 heterocycles. The molecule has 6 heteroatoms. The minimum atomic E-state index is -0.663. The number of para-hydroxylation sites is 2. The van der Waals surface area contributed by atoms with Gasteiger partial charge in [0.2, 0.25) is 6.10 Å². The van der Waals surface area contributed by atoms with Gasteiger partial charge in [-0.25, -0.2) is 0 Å². The summed E-state index contributed by atoms with van der Waals surface area (Å²) >= 11 is 0. The number of methoxy groups -OCH3 is 2. The number of carbonyl (C=O) groups is 1. The third-order valence-electron chi connectivity index (χ3n) is 2.77. The predicted octanol–water partition coefficient (Wildman–Crippen LogP) is 0.561. The number of rotatable bonds is 5. The Morgan fingerprint density at radius 2 is 2.05 bits per heavy atom. The van der Waals surface area contributed by atoms with Crippen LogP contribution in [0.15, 0.2) is 24.3 Å². The van der Waals surface area contributed by atoms with Gasteiger partial charge in [0.15, 0.2) is 17.8 Å². The molecule has 0 fully saturated rings. The molecule has 104 valence electrons. The summed E-state index contributed by atoms with van der Waals surface area (Å²) in [5, 5.41) is 2.69. The van der Waals surface area contributed by atoms with Gasteiger partial charge >= 0.3 is 0 Å². The fraction of sp³-hybridized carbons (Fsp3) is 0.462. The van der Waals surface area contributed by atoms with Gasteiger partial charge in [-0.3, -0.25) is 4.79 Å². The molecule has 2 rings (SSSR count). The van der Waals surface area contributed by atoms with E-state index in [1.165, 1.54) is 14.2 Å². The van der Waals surface area contributed by atoms with Crippen LogP contribution in [-0.4, -0.2) is 45.7 Å². The van der Waals surface area contributed by atoms with Gasteiger partial charge in [0.1, 0.15) is 6.61 Å². The maximum absolute atomic E-state index is 11.9. The molecule has 19 heavy (non-hydrogen) atoms. The van der Waals surface area contributed by atoms with E-state index in [1.54, 1.807) is 12.1 Å². The van der Waals surface area contributed by atoms with E-state index in [2.05, 4.69) is 5.32 Å². The van der Waals surface area contributed by atoms with E-state index < -0.39 is 12.4 Å². The quantitative estimate of drug-likeness (QED) is 0.790. The van der Waals surface area contributed by atoms with Crippen molar-refractivity contribution in [2.45, 2.75) is 12.4 Å². The largest absolute Gasteiger partial charge is 0.485 e. The fourth-order valence-electron chi connectivity index (χ4n) is 1.71. The molecule has 0 spiro atoms. The second-order valence-electron chi connectivity index (χ2n) is 4.01. The molecule has 0 bridgehead atoms. The van der Waals surface area contributed by atoms with Crippen molar-refractivity contribution in [3.05, 3.63) is 24.3 Å². The first kappa shape index (κ1) is 13.6. The van der Waals surface area contributed by atoms with Crippen LogP contribution in [0.25, 0.3) is 0 Å². The average Bonchev–Trinajstić information content (AvgIpc) is 2.47. The monoisotopic (exact) mass is 267 g/mol. The lowest BCUT2D eigenvalue weighted by Gasteiger charge is -2.26. The predicted molar refractivity (Wildman–Crippen MR) is 67.2 cm³/mol. The lowest BCUT2D eigenvalue weighted by Crippen LogP contribution is -2.46. The van der Waals surface area contributed by atoms with Gasteiger partial charge in [-0.2, -0.15) is 0 Å². The van der Waals surface area contributed by atoms with Gasteiger partial charge in [0.25, 0.3) is 5.91 Å². The van der Waals surface area contributed by atoms with Crippen LogP contribution in [0, 0.1) is 0 Å². The summed E-state index contributed by atoms with van der Waals surface area (Å²) in [7, 11) is 3.02. The van der Waals surface area contributed by atoms with Gasteiger partial charge in [-0.05, 0) is 12.1 Å². The third kappa shape index (κ3) is 3.36. The lowest BCUT2D eigenvalue weighted by molar-refractivity contribution is -0.135. The number of carbonyl (C=O) groups excluding carboxylic acids is 1. The van der Waals surface area contributed by atoms with E-state index in [-0.39, 0.29) is 19.1 Å². The Labute approximate surface area is 111 Å². The molecule has 6 nitrogen and oxygen atoms in total. The Bertz CT molecular complexity index is 433. The number of fused-ring (bicyclic) bond motifs is 1. The van der Waals surface area contributed by atoms with Crippen molar-refractivity contribution in [3.63, 3.8) is 0 Å². The third-order valence-corrected chi connectivity index (χ3v) is 2.77. The second-order valence-corrected chi connectivity index (χ2v) is 4.01. The van der Waals surface area contributed by atoms with E-state index in [0.717, 1.165) is 0 Å². The highest BCUT2D eigenvalue weighted by Gasteiger charge is 2.27. The minimum absolute atomic E-state index is 0.188. The van der Waals surface area contributed by atoms with E-state index in [9.17, 15) is 4.79 Å². The maximum atomic E-state index is 11.9. The normalized spacial score (nSPS) is 17.3. The van der Waals surface area contributed by atoms with E-state index >= 15 is 0 Å². The molecule has 0 saturated heterocycles.